The van der Waals surface area contributed by atoms with E-state index in [2.05, 4.69) is 0 Å². The van der Waals surface area contributed by atoms with Crippen LogP contribution in [-0.2, 0) is 0 Å². The van der Waals surface area contributed by atoms with Crippen LogP contribution in [0.1, 0.15) is 128 Å². The normalized spacial score (nSPS) is 24.8. The molecule has 0 saturated heterocycles. The standard InChI is InChI=1S/C25H50O3/c26-21-17-24-16-14-12-10-8-6-4-2-1-3-5-7-9-11-13-15-18-25(24,19-22-27)20-23-28/h24,26-28H,1-23H2. The average Bonchev–Trinajstić information content (AvgIpc) is 2.69. The van der Waals surface area contributed by atoms with E-state index in [1.54, 1.807) is 0 Å². The van der Waals surface area contributed by atoms with Crippen LogP contribution in [0.15, 0.2) is 0 Å². The van der Waals surface area contributed by atoms with E-state index in [9.17, 15) is 15.3 Å². The number of aliphatic hydroxyl groups excluding tert-OH is 3. The zero-order valence-corrected chi connectivity index (χ0v) is 18.7. The van der Waals surface area contributed by atoms with Crippen molar-refractivity contribution in [2.75, 3.05) is 19.8 Å². The second-order valence-electron chi connectivity index (χ2n) is 9.36. The Labute approximate surface area is 175 Å². The Morgan fingerprint density at radius 3 is 1.29 bits per heavy atom. The fourth-order valence-corrected chi connectivity index (χ4v) is 5.51. The van der Waals surface area contributed by atoms with Crippen molar-refractivity contribution >= 4 is 0 Å². The maximum atomic E-state index is 9.78. The number of rotatable bonds is 6. The van der Waals surface area contributed by atoms with Gasteiger partial charge in [0, 0.05) is 19.8 Å². The van der Waals surface area contributed by atoms with Crippen LogP contribution >= 0.6 is 0 Å². The second-order valence-corrected chi connectivity index (χ2v) is 9.36. The fraction of sp³-hybridized carbons (Fsp3) is 1.00. The van der Waals surface area contributed by atoms with E-state index in [4.69, 9.17) is 0 Å². The molecular weight excluding hydrogens is 348 g/mol. The Morgan fingerprint density at radius 2 is 0.893 bits per heavy atom. The van der Waals surface area contributed by atoms with Gasteiger partial charge in [-0.05, 0) is 43.4 Å². The van der Waals surface area contributed by atoms with Crippen LogP contribution in [0.2, 0.25) is 0 Å². The lowest BCUT2D eigenvalue weighted by atomic mass is 9.65. The molecular formula is C25H50O3. The van der Waals surface area contributed by atoms with Gasteiger partial charge in [0.25, 0.3) is 0 Å². The van der Waals surface area contributed by atoms with Gasteiger partial charge in [-0.1, -0.05) is 96.3 Å². The molecule has 0 aromatic heterocycles. The third kappa shape index (κ3) is 11.2. The van der Waals surface area contributed by atoms with Gasteiger partial charge in [0.1, 0.15) is 0 Å². The van der Waals surface area contributed by atoms with Crippen molar-refractivity contribution in [3.05, 3.63) is 0 Å². The lowest BCUT2D eigenvalue weighted by molar-refractivity contribution is 0.0382. The number of aliphatic hydroxyl groups is 3. The lowest BCUT2D eigenvalue weighted by Crippen LogP contribution is -2.34. The maximum Gasteiger partial charge on any atom is 0.0436 e. The Bertz CT molecular complexity index is 326. The molecule has 1 fully saturated rings. The molecule has 1 rings (SSSR count). The predicted octanol–water partition coefficient (Wildman–Crippen LogP) is 6.38. The molecule has 1 aliphatic carbocycles. The fourth-order valence-electron chi connectivity index (χ4n) is 5.51. The Morgan fingerprint density at radius 1 is 0.500 bits per heavy atom. The summed E-state index contributed by atoms with van der Waals surface area (Å²) >= 11 is 0. The smallest absolute Gasteiger partial charge is 0.0436 e. The van der Waals surface area contributed by atoms with E-state index in [0.29, 0.717) is 5.92 Å². The van der Waals surface area contributed by atoms with Crippen LogP contribution in [-0.4, -0.2) is 35.1 Å². The number of hydrogen-bond donors (Lipinski definition) is 3. The van der Waals surface area contributed by atoms with Gasteiger partial charge in [-0.25, -0.2) is 0 Å². The average molecular weight is 399 g/mol. The molecule has 0 radical (unpaired) electrons. The van der Waals surface area contributed by atoms with Crippen molar-refractivity contribution in [2.45, 2.75) is 128 Å². The molecule has 3 heteroatoms. The molecule has 1 saturated carbocycles. The Balaban J connectivity index is 2.69. The van der Waals surface area contributed by atoms with Crippen molar-refractivity contribution in [3.63, 3.8) is 0 Å². The summed E-state index contributed by atoms with van der Waals surface area (Å²) in [6.07, 6.45) is 24.8. The molecule has 0 bridgehead atoms. The first-order valence-corrected chi connectivity index (χ1v) is 12.6. The van der Waals surface area contributed by atoms with Crippen LogP contribution < -0.4 is 0 Å². The monoisotopic (exact) mass is 398 g/mol. The van der Waals surface area contributed by atoms with E-state index in [1.807, 2.05) is 0 Å². The SMILES string of the molecule is OCCC1CCCCCCCCCCCCCCCCCC1(CCO)CCO. The zero-order valence-electron chi connectivity index (χ0n) is 18.7. The molecule has 3 nitrogen and oxygen atoms in total. The lowest BCUT2D eigenvalue weighted by Gasteiger charge is -2.41. The molecule has 28 heavy (non-hydrogen) atoms. The summed E-state index contributed by atoms with van der Waals surface area (Å²) in [5.41, 5.74) is 0.00907. The molecule has 1 unspecified atom stereocenters. The molecule has 0 amide bonds. The molecule has 0 aliphatic heterocycles. The molecule has 1 aliphatic rings. The molecule has 0 aromatic carbocycles. The highest BCUT2D eigenvalue weighted by molar-refractivity contribution is 4.86. The van der Waals surface area contributed by atoms with Gasteiger partial charge < -0.3 is 15.3 Å². The van der Waals surface area contributed by atoms with Crippen molar-refractivity contribution in [1.29, 1.82) is 0 Å². The topological polar surface area (TPSA) is 60.7 Å². The Kier molecular flexibility index (Phi) is 16.4. The summed E-state index contributed by atoms with van der Waals surface area (Å²) in [6, 6.07) is 0. The second kappa shape index (κ2) is 17.7. The molecule has 0 heterocycles. The van der Waals surface area contributed by atoms with Crippen molar-refractivity contribution in [2.24, 2.45) is 11.3 Å². The summed E-state index contributed by atoms with van der Waals surface area (Å²) < 4.78 is 0. The number of hydrogen-bond acceptors (Lipinski definition) is 3. The van der Waals surface area contributed by atoms with Crippen LogP contribution in [0.3, 0.4) is 0 Å². The van der Waals surface area contributed by atoms with E-state index < -0.39 is 0 Å². The molecule has 0 aromatic rings. The van der Waals surface area contributed by atoms with E-state index in [1.165, 1.54) is 96.3 Å². The van der Waals surface area contributed by atoms with Crippen LogP contribution in [0.5, 0.6) is 0 Å². The summed E-state index contributed by atoms with van der Waals surface area (Å²) in [4.78, 5) is 0. The van der Waals surface area contributed by atoms with E-state index >= 15 is 0 Å². The van der Waals surface area contributed by atoms with Crippen LogP contribution in [0.25, 0.3) is 0 Å². The molecule has 168 valence electrons. The van der Waals surface area contributed by atoms with Crippen LogP contribution in [0, 0.1) is 11.3 Å². The quantitative estimate of drug-likeness (QED) is 0.486. The molecule has 3 N–H and O–H groups in total. The summed E-state index contributed by atoms with van der Waals surface area (Å²) in [7, 11) is 0. The third-order valence-corrected chi connectivity index (χ3v) is 7.29. The zero-order chi connectivity index (χ0) is 20.3. The van der Waals surface area contributed by atoms with Gasteiger partial charge in [-0.15, -0.1) is 0 Å². The highest BCUT2D eigenvalue weighted by Crippen LogP contribution is 2.44. The summed E-state index contributed by atoms with van der Waals surface area (Å²) in [5, 5.41) is 29.2. The minimum absolute atomic E-state index is 0.00907. The Hall–Kier alpha value is -0.120. The van der Waals surface area contributed by atoms with Gasteiger partial charge in [-0.3, -0.25) is 0 Å². The predicted molar refractivity (Wildman–Crippen MR) is 120 cm³/mol. The molecule has 0 spiro atoms. The summed E-state index contributed by atoms with van der Waals surface area (Å²) in [6.45, 7) is 0.618. The van der Waals surface area contributed by atoms with Crippen LogP contribution in [0.4, 0.5) is 0 Å². The van der Waals surface area contributed by atoms with Gasteiger partial charge in [0.2, 0.25) is 0 Å². The highest BCUT2D eigenvalue weighted by atomic mass is 16.3. The van der Waals surface area contributed by atoms with Gasteiger partial charge >= 0.3 is 0 Å². The largest absolute Gasteiger partial charge is 0.396 e. The van der Waals surface area contributed by atoms with Crippen molar-refractivity contribution in [3.8, 4) is 0 Å². The first kappa shape index (κ1) is 25.9. The minimum atomic E-state index is 0.00907. The van der Waals surface area contributed by atoms with Gasteiger partial charge in [0.15, 0.2) is 0 Å². The van der Waals surface area contributed by atoms with Gasteiger partial charge in [-0.2, -0.15) is 0 Å². The summed E-state index contributed by atoms with van der Waals surface area (Å²) in [5.74, 6) is 0.430. The minimum Gasteiger partial charge on any atom is -0.396 e. The first-order chi connectivity index (χ1) is 13.8. The van der Waals surface area contributed by atoms with Gasteiger partial charge in [0.05, 0.1) is 0 Å². The van der Waals surface area contributed by atoms with Crippen molar-refractivity contribution in [1.82, 2.24) is 0 Å². The van der Waals surface area contributed by atoms with E-state index in [-0.39, 0.29) is 25.2 Å². The third-order valence-electron chi connectivity index (χ3n) is 7.29. The first-order valence-electron chi connectivity index (χ1n) is 12.6. The molecule has 1 atom stereocenters. The maximum absolute atomic E-state index is 9.78. The highest BCUT2D eigenvalue weighted by Gasteiger charge is 2.36. The van der Waals surface area contributed by atoms with E-state index in [0.717, 1.165) is 32.1 Å². The van der Waals surface area contributed by atoms with Crippen molar-refractivity contribution < 1.29 is 15.3 Å².